The topological polar surface area (TPSA) is 13.1 Å². The number of anilines is 3. The monoisotopic (exact) mass is 889 g/mol. The first-order valence-corrected chi connectivity index (χ1v) is 24.3. The molecule has 3 nitrogen and oxygen atoms in total. The molecule has 3 heterocycles. The van der Waals surface area contributed by atoms with E-state index in [0.717, 1.165) is 17.1 Å². The number of benzene rings is 11. The summed E-state index contributed by atoms with van der Waals surface area (Å²) in [6.45, 7) is 0. The van der Waals surface area contributed by atoms with Gasteiger partial charge in [-0.3, -0.25) is 0 Å². The van der Waals surface area contributed by atoms with Crippen LogP contribution in [0.3, 0.4) is 0 Å². The number of rotatable bonds is 5. The number of fused-ring (bicyclic) bond motifs is 15. The molecular weight excluding hydrogens is 847 g/mol. The minimum atomic E-state index is -0.649. The maximum absolute atomic E-state index is 2.55. The normalized spacial score (nSPS) is 13.2. The number of para-hydroxylation sites is 7. The zero-order valence-electron chi connectivity index (χ0n) is 38.2. The van der Waals surface area contributed by atoms with Gasteiger partial charge in [0.1, 0.15) is 0 Å². The van der Waals surface area contributed by atoms with E-state index >= 15 is 0 Å². The van der Waals surface area contributed by atoms with Crippen LogP contribution < -0.4 is 4.90 Å². The van der Waals surface area contributed by atoms with Gasteiger partial charge in [0.15, 0.2) is 0 Å². The highest BCUT2D eigenvalue weighted by molar-refractivity contribution is 6.16. The highest BCUT2D eigenvalue weighted by Crippen LogP contribution is 2.65. The molecule has 1 spiro atoms. The second-order valence-electron chi connectivity index (χ2n) is 18.8. The Hall–Kier alpha value is -9.18. The van der Waals surface area contributed by atoms with E-state index in [0.29, 0.717) is 0 Å². The quantitative estimate of drug-likeness (QED) is 0.168. The van der Waals surface area contributed by atoms with Crippen LogP contribution >= 0.6 is 0 Å². The minimum absolute atomic E-state index is 0.649. The van der Waals surface area contributed by atoms with Crippen LogP contribution in [0.1, 0.15) is 22.3 Å². The van der Waals surface area contributed by atoms with Crippen LogP contribution in [-0.2, 0) is 5.41 Å². The zero-order valence-corrected chi connectivity index (χ0v) is 38.2. The van der Waals surface area contributed by atoms with Gasteiger partial charge in [0, 0.05) is 38.6 Å². The molecule has 0 unspecified atom stereocenters. The van der Waals surface area contributed by atoms with Gasteiger partial charge in [-0.1, -0.05) is 182 Å². The molecule has 326 valence electrons. The number of aromatic nitrogens is 2. The van der Waals surface area contributed by atoms with Crippen molar-refractivity contribution in [3.05, 3.63) is 283 Å². The summed E-state index contributed by atoms with van der Waals surface area (Å²) in [6, 6.07) is 96.8. The smallest absolute Gasteiger partial charge is 0.0754 e. The SMILES string of the molecule is c1ccc(N2c3ccccc3C3(c4cc(-c5cccc6c5c5ccccc5n6-c5ccccc5)ccc4-c4c(-c5ccc6c7ccccc7n(-c7ccccc7)c6c5)cccc43)c3ccccc32)cc1. The molecule has 15 rings (SSSR count). The van der Waals surface area contributed by atoms with Crippen LogP contribution in [-0.4, -0.2) is 9.13 Å². The molecule has 0 saturated heterocycles. The predicted octanol–water partition coefficient (Wildman–Crippen LogP) is 17.4. The summed E-state index contributed by atoms with van der Waals surface area (Å²) >= 11 is 0. The maximum atomic E-state index is 2.55. The molecule has 13 aromatic rings. The van der Waals surface area contributed by atoms with Crippen LogP contribution in [0.2, 0.25) is 0 Å². The summed E-state index contributed by atoms with van der Waals surface area (Å²) in [6.07, 6.45) is 0. The van der Waals surface area contributed by atoms with Crippen molar-refractivity contribution in [1.29, 1.82) is 0 Å². The standard InChI is InChI=1S/C67H43N3/c1-4-20-46(21-5-1)68-60-34-15-11-27-54(60)66-50(29-19-37-63(66)68)44-39-41-53-58(42-44)67(55-30-12-16-35-61(55)70(48-24-8-3-9-25-48)62-36-17-13-31-56(62)67)57-32-18-28-49(65(53)57)45-38-40-52-51-26-10-14-33-59(51)69(64(52)43-45)47-22-6-2-7-23-47/h1-43H. The van der Waals surface area contributed by atoms with E-state index in [1.807, 2.05) is 0 Å². The molecule has 0 amide bonds. The second kappa shape index (κ2) is 14.9. The van der Waals surface area contributed by atoms with Crippen molar-refractivity contribution < 1.29 is 0 Å². The van der Waals surface area contributed by atoms with Gasteiger partial charge in [-0.15, -0.1) is 0 Å². The van der Waals surface area contributed by atoms with Crippen LogP contribution in [0, 0.1) is 0 Å². The first-order chi connectivity index (χ1) is 34.8. The fourth-order valence-electron chi connectivity index (χ4n) is 12.6. The van der Waals surface area contributed by atoms with E-state index in [9.17, 15) is 0 Å². The van der Waals surface area contributed by atoms with Gasteiger partial charge in [-0.25, -0.2) is 0 Å². The summed E-state index contributed by atoms with van der Waals surface area (Å²) < 4.78 is 4.85. The number of hydrogen-bond donors (Lipinski definition) is 0. The number of nitrogens with zero attached hydrogens (tertiary/aromatic N) is 3. The van der Waals surface area contributed by atoms with Crippen LogP contribution in [0.15, 0.2) is 261 Å². The molecule has 0 saturated carbocycles. The molecule has 1 aliphatic carbocycles. The van der Waals surface area contributed by atoms with Gasteiger partial charge >= 0.3 is 0 Å². The lowest BCUT2D eigenvalue weighted by Crippen LogP contribution is -2.36. The van der Waals surface area contributed by atoms with Crippen molar-refractivity contribution >= 4 is 60.7 Å². The van der Waals surface area contributed by atoms with Crippen molar-refractivity contribution in [2.24, 2.45) is 0 Å². The second-order valence-corrected chi connectivity index (χ2v) is 18.8. The zero-order chi connectivity index (χ0) is 45.9. The van der Waals surface area contributed by atoms with Gasteiger partial charge in [-0.05, 0) is 134 Å². The van der Waals surface area contributed by atoms with Crippen molar-refractivity contribution in [3.63, 3.8) is 0 Å². The van der Waals surface area contributed by atoms with E-state index in [-0.39, 0.29) is 0 Å². The largest absolute Gasteiger partial charge is 0.310 e. The van der Waals surface area contributed by atoms with Gasteiger partial charge in [0.25, 0.3) is 0 Å². The molecule has 0 fully saturated rings. The molecule has 11 aromatic carbocycles. The fourth-order valence-corrected chi connectivity index (χ4v) is 12.6. The molecule has 0 bridgehead atoms. The van der Waals surface area contributed by atoms with Crippen molar-refractivity contribution in [2.75, 3.05) is 4.90 Å². The van der Waals surface area contributed by atoms with Gasteiger partial charge < -0.3 is 14.0 Å². The van der Waals surface area contributed by atoms with E-state index < -0.39 is 5.41 Å². The third kappa shape index (κ3) is 5.29. The molecule has 0 radical (unpaired) electrons. The Labute approximate surface area is 406 Å². The van der Waals surface area contributed by atoms with E-state index in [4.69, 9.17) is 0 Å². The average molecular weight is 890 g/mol. The lowest BCUT2D eigenvalue weighted by Gasteiger charge is -2.45. The highest BCUT2D eigenvalue weighted by atomic mass is 15.2. The van der Waals surface area contributed by atoms with Gasteiger partial charge in [0.2, 0.25) is 0 Å². The average Bonchev–Trinajstić information content (AvgIpc) is 4.06. The van der Waals surface area contributed by atoms with E-state index in [1.165, 1.54) is 111 Å². The van der Waals surface area contributed by atoms with Crippen LogP contribution in [0.25, 0.3) is 88.4 Å². The first-order valence-electron chi connectivity index (χ1n) is 24.3. The first kappa shape index (κ1) is 38.9. The Morgan fingerprint density at radius 2 is 0.757 bits per heavy atom. The van der Waals surface area contributed by atoms with E-state index in [1.54, 1.807) is 0 Å². The summed E-state index contributed by atoms with van der Waals surface area (Å²) in [5, 5.41) is 5.00. The van der Waals surface area contributed by atoms with Crippen LogP contribution in [0.4, 0.5) is 17.1 Å². The lowest BCUT2D eigenvalue weighted by atomic mass is 9.64. The predicted molar refractivity (Wildman–Crippen MR) is 292 cm³/mol. The molecule has 0 atom stereocenters. The summed E-state index contributed by atoms with van der Waals surface area (Å²) in [5.74, 6) is 0. The van der Waals surface area contributed by atoms with Crippen LogP contribution in [0.5, 0.6) is 0 Å². The molecule has 2 aromatic heterocycles. The van der Waals surface area contributed by atoms with Crippen molar-refractivity contribution in [2.45, 2.75) is 5.41 Å². The molecule has 3 heteroatoms. The molecule has 70 heavy (non-hydrogen) atoms. The summed E-state index contributed by atoms with van der Waals surface area (Å²) in [4.78, 5) is 2.47. The highest BCUT2D eigenvalue weighted by Gasteiger charge is 2.52. The van der Waals surface area contributed by atoms with Gasteiger partial charge in [-0.2, -0.15) is 0 Å². The number of hydrogen-bond acceptors (Lipinski definition) is 1. The Morgan fingerprint density at radius 1 is 0.271 bits per heavy atom. The van der Waals surface area contributed by atoms with Crippen molar-refractivity contribution in [1.82, 2.24) is 9.13 Å². The molecule has 0 N–H and O–H groups in total. The summed E-state index contributed by atoms with van der Waals surface area (Å²) in [7, 11) is 0. The van der Waals surface area contributed by atoms with Crippen molar-refractivity contribution in [3.8, 4) is 44.8 Å². The molecular formula is C67H43N3. The Bertz CT molecular complexity index is 4190. The minimum Gasteiger partial charge on any atom is -0.310 e. The third-order valence-electron chi connectivity index (χ3n) is 15.3. The molecule has 1 aliphatic heterocycles. The third-order valence-corrected chi connectivity index (χ3v) is 15.3. The lowest BCUT2D eigenvalue weighted by molar-refractivity contribution is 0.753. The maximum Gasteiger partial charge on any atom is 0.0754 e. The van der Waals surface area contributed by atoms with Gasteiger partial charge in [0.05, 0.1) is 38.9 Å². The summed E-state index contributed by atoms with van der Waals surface area (Å²) in [5.41, 5.74) is 22.5. The Balaban J connectivity index is 1.04. The van der Waals surface area contributed by atoms with E-state index in [2.05, 4.69) is 275 Å². The Morgan fingerprint density at radius 3 is 1.46 bits per heavy atom. The molecule has 2 aliphatic rings. The Kier molecular flexibility index (Phi) is 8.28. The fraction of sp³-hybridized carbons (Fsp3) is 0.0149.